The number of imidazole rings is 1. The van der Waals surface area contributed by atoms with E-state index in [0.29, 0.717) is 12.2 Å². The second-order valence-electron chi connectivity index (χ2n) is 5.17. The Balaban J connectivity index is 1.81. The summed E-state index contributed by atoms with van der Waals surface area (Å²) in [5.41, 5.74) is 2.25. The maximum atomic E-state index is 12.5. The Morgan fingerprint density at radius 2 is 2.29 bits per heavy atom. The Hall–Kier alpha value is -1.73. The summed E-state index contributed by atoms with van der Waals surface area (Å²) < 4.78 is 2.03. The first-order valence-corrected chi connectivity index (χ1v) is 8.03. The SMILES string of the molecule is CCN1CCN(C(=O)c2cscn2)C[C@@H]1c1nccn1C. The van der Waals surface area contributed by atoms with E-state index in [2.05, 4.69) is 21.8 Å². The summed E-state index contributed by atoms with van der Waals surface area (Å²) in [6.07, 6.45) is 3.76. The molecule has 0 unspecified atom stereocenters. The summed E-state index contributed by atoms with van der Waals surface area (Å²) in [6, 6.07) is 0.145. The quantitative estimate of drug-likeness (QED) is 0.860. The minimum atomic E-state index is 0.0196. The van der Waals surface area contributed by atoms with E-state index in [1.54, 1.807) is 5.51 Å². The molecule has 21 heavy (non-hydrogen) atoms. The number of rotatable bonds is 3. The van der Waals surface area contributed by atoms with Crippen LogP contribution < -0.4 is 0 Å². The molecule has 3 heterocycles. The molecule has 2 aromatic rings. The van der Waals surface area contributed by atoms with Gasteiger partial charge in [-0.25, -0.2) is 9.97 Å². The van der Waals surface area contributed by atoms with Crippen molar-refractivity contribution in [3.63, 3.8) is 0 Å². The zero-order valence-corrected chi connectivity index (χ0v) is 13.1. The van der Waals surface area contributed by atoms with Crippen LogP contribution in [0.2, 0.25) is 0 Å². The van der Waals surface area contributed by atoms with Crippen LogP contribution in [0, 0.1) is 0 Å². The highest BCUT2D eigenvalue weighted by molar-refractivity contribution is 7.07. The Kier molecular flexibility index (Phi) is 4.03. The highest BCUT2D eigenvalue weighted by Crippen LogP contribution is 2.24. The molecule has 1 fully saturated rings. The van der Waals surface area contributed by atoms with E-state index in [1.165, 1.54) is 11.3 Å². The van der Waals surface area contributed by atoms with Crippen molar-refractivity contribution in [2.75, 3.05) is 26.2 Å². The van der Waals surface area contributed by atoms with Gasteiger partial charge in [0.25, 0.3) is 5.91 Å². The minimum Gasteiger partial charge on any atom is -0.337 e. The maximum Gasteiger partial charge on any atom is 0.273 e. The van der Waals surface area contributed by atoms with Gasteiger partial charge in [0.2, 0.25) is 0 Å². The predicted molar refractivity (Wildman–Crippen MR) is 81.2 cm³/mol. The number of carbonyl (C=O) groups excluding carboxylic acids is 1. The monoisotopic (exact) mass is 305 g/mol. The Morgan fingerprint density at radius 1 is 1.43 bits per heavy atom. The average molecular weight is 305 g/mol. The van der Waals surface area contributed by atoms with Crippen LogP contribution in [-0.4, -0.2) is 56.4 Å². The van der Waals surface area contributed by atoms with Crippen LogP contribution in [0.4, 0.5) is 0 Å². The standard InChI is InChI=1S/C14H19N5OS/c1-3-18-6-7-19(14(20)11-9-21-10-16-11)8-12(18)13-15-4-5-17(13)2/h4-5,9-10,12H,3,6-8H2,1-2H3/t12-/m1/s1. The normalized spacial score (nSPS) is 19.9. The Bertz CT molecular complexity index is 609. The number of aryl methyl sites for hydroxylation is 1. The van der Waals surface area contributed by atoms with Crippen molar-refractivity contribution in [3.05, 3.63) is 34.8 Å². The number of piperazine rings is 1. The van der Waals surface area contributed by atoms with E-state index in [1.807, 2.05) is 34.3 Å². The number of likely N-dealkylation sites (N-methyl/N-ethyl adjacent to an activating group) is 1. The van der Waals surface area contributed by atoms with Gasteiger partial charge in [-0.1, -0.05) is 6.92 Å². The van der Waals surface area contributed by atoms with Crippen molar-refractivity contribution in [1.82, 2.24) is 24.3 Å². The number of amides is 1. The largest absolute Gasteiger partial charge is 0.337 e. The second-order valence-corrected chi connectivity index (χ2v) is 5.88. The Morgan fingerprint density at radius 3 is 2.90 bits per heavy atom. The van der Waals surface area contributed by atoms with E-state index in [4.69, 9.17) is 0 Å². The second kappa shape index (κ2) is 5.95. The van der Waals surface area contributed by atoms with Crippen LogP contribution in [0.1, 0.15) is 29.3 Å². The molecular formula is C14H19N5OS. The fraction of sp³-hybridized carbons (Fsp3) is 0.500. The number of aromatic nitrogens is 3. The lowest BCUT2D eigenvalue weighted by Gasteiger charge is -2.40. The third-order valence-electron chi connectivity index (χ3n) is 3.99. The van der Waals surface area contributed by atoms with Crippen LogP contribution in [0.25, 0.3) is 0 Å². The highest BCUT2D eigenvalue weighted by atomic mass is 32.1. The Labute approximate surface area is 128 Å². The molecule has 1 atom stereocenters. The first kappa shape index (κ1) is 14.2. The van der Waals surface area contributed by atoms with E-state index in [-0.39, 0.29) is 11.9 Å². The number of carbonyl (C=O) groups is 1. The minimum absolute atomic E-state index is 0.0196. The van der Waals surface area contributed by atoms with Crippen LogP contribution in [0.3, 0.4) is 0 Å². The molecule has 1 aliphatic heterocycles. The van der Waals surface area contributed by atoms with Crippen LogP contribution in [-0.2, 0) is 7.05 Å². The number of thiazole rings is 1. The summed E-state index contributed by atoms with van der Waals surface area (Å²) in [6.45, 7) is 5.37. The molecule has 0 radical (unpaired) electrons. The molecule has 2 aromatic heterocycles. The molecule has 112 valence electrons. The van der Waals surface area contributed by atoms with Gasteiger partial charge in [0.05, 0.1) is 11.6 Å². The zero-order chi connectivity index (χ0) is 14.8. The zero-order valence-electron chi connectivity index (χ0n) is 12.3. The first-order chi connectivity index (χ1) is 10.2. The summed E-state index contributed by atoms with van der Waals surface area (Å²) in [7, 11) is 2.00. The maximum absolute atomic E-state index is 12.5. The average Bonchev–Trinajstić information content (AvgIpc) is 3.17. The van der Waals surface area contributed by atoms with Crippen molar-refractivity contribution in [2.24, 2.45) is 7.05 Å². The summed E-state index contributed by atoms with van der Waals surface area (Å²) in [5.74, 6) is 1.03. The molecule has 0 spiro atoms. The predicted octanol–water partition coefficient (Wildman–Crippen LogP) is 1.40. The lowest BCUT2D eigenvalue weighted by atomic mass is 10.1. The van der Waals surface area contributed by atoms with Crippen LogP contribution in [0.15, 0.2) is 23.3 Å². The summed E-state index contributed by atoms with van der Waals surface area (Å²) >= 11 is 1.45. The van der Waals surface area contributed by atoms with Gasteiger partial charge in [-0.3, -0.25) is 9.69 Å². The van der Waals surface area contributed by atoms with Crippen molar-refractivity contribution in [2.45, 2.75) is 13.0 Å². The smallest absolute Gasteiger partial charge is 0.273 e. The number of nitrogens with zero attached hydrogens (tertiary/aromatic N) is 5. The molecule has 0 aliphatic carbocycles. The molecule has 1 saturated heterocycles. The van der Waals surface area contributed by atoms with Gasteiger partial charge in [0.15, 0.2) is 0 Å². The first-order valence-electron chi connectivity index (χ1n) is 7.09. The molecule has 0 bridgehead atoms. The number of hydrogen-bond acceptors (Lipinski definition) is 5. The molecule has 0 aromatic carbocycles. The van der Waals surface area contributed by atoms with Gasteiger partial charge in [0, 0.05) is 44.5 Å². The highest BCUT2D eigenvalue weighted by Gasteiger charge is 2.32. The van der Waals surface area contributed by atoms with Crippen molar-refractivity contribution >= 4 is 17.2 Å². The molecule has 0 N–H and O–H groups in total. The van der Waals surface area contributed by atoms with E-state index in [9.17, 15) is 4.79 Å². The van der Waals surface area contributed by atoms with Crippen LogP contribution in [0.5, 0.6) is 0 Å². The van der Waals surface area contributed by atoms with Gasteiger partial charge in [0.1, 0.15) is 11.5 Å². The molecule has 1 aliphatic rings. The van der Waals surface area contributed by atoms with Crippen LogP contribution >= 0.6 is 11.3 Å². The molecule has 7 heteroatoms. The summed E-state index contributed by atoms with van der Waals surface area (Å²) in [4.78, 5) is 25.3. The van der Waals surface area contributed by atoms with E-state index >= 15 is 0 Å². The van der Waals surface area contributed by atoms with Gasteiger partial charge in [-0.15, -0.1) is 11.3 Å². The topological polar surface area (TPSA) is 54.3 Å². The van der Waals surface area contributed by atoms with Crippen molar-refractivity contribution in [3.8, 4) is 0 Å². The molecule has 1 amide bonds. The van der Waals surface area contributed by atoms with Crippen molar-refractivity contribution < 1.29 is 4.79 Å². The van der Waals surface area contributed by atoms with Gasteiger partial charge < -0.3 is 9.47 Å². The van der Waals surface area contributed by atoms with Gasteiger partial charge in [-0.2, -0.15) is 0 Å². The summed E-state index contributed by atoms with van der Waals surface area (Å²) in [5, 5.41) is 1.81. The lowest BCUT2D eigenvalue weighted by Crippen LogP contribution is -2.51. The van der Waals surface area contributed by atoms with E-state index in [0.717, 1.165) is 25.5 Å². The lowest BCUT2D eigenvalue weighted by molar-refractivity contribution is 0.0468. The molecule has 3 rings (SSSR count). The molecular weight excluding hydrogens is 286 g/mol. The molecule has 0 saturated carbocycles. The third kappa shape index (κ3) is 2.71. The van der Waals surface area contributed by atoms with Gasteiger partial charge >= 0.3 is 0 Å². The fourth-order valence-corrected chi connectivity index (χ4v) is 3.33. The van der Waals surface area contributed by atoms with E-state index < -0.39 is 0 Å². The fourth-order valence-electron chi connectivity index (χ4n) is 2.81. The molecule has 6 nitrogen and oxygen atoms in total. The number of hydrogen-bond donors (Lipinski definition) is 0. The third-order valence-corrected chi connectivity index (χ3v) is 4.58. The van der Waals surface area contributed by atoms with Crippen molar-refractivity contribution in [1.29, 1.82) is 0 Å². The van der Waals surface area contributed by atoms with Gasteiger partial charge in [-0.05, 0) is 6.54 Å².